The second-order valence-electron chi connectivity index (χ2n) is 5.04. The van der Waals surface area contributed by atoms with E-state index in [4.69, 9.17) is 9.47 Å². The number of ether oxygens (including phenoxy) is 2. The lowest BCUT2D eigenvalue weighted by Crippen LogP contribution is -2.18. The largest absolute Gasteiger partial charge is 0.454 e. The number of carbonyl (C=O) groups excluding carboxylic acids is 1. The fourth-order valence-electron chi connectivity index (χ4n) is 2.26. The SMILES string of the molecule is Cc1ccccc1C(=O)N/N=C\c1cc2c(cc1[N+](=O)[O-])OCO2. The van der Waals surface area contributed by atoms with Crippen LogP contribution in [0.5, 0.6) is 11.5 Å². The maximum Gasteiger partial charge on any atom is 0.282 e. The topological polar surface area (TPSA) is 103 Å². The highest BCUT2D eigenvalue weighted by molar-refractivity contribution is 5.96. The van der Waals surface area contributed by atoms with Crippen LogP contribution in [-0.2, 0) is 0 Å². The molecule has 0 radical (unpaired) electrons. The van der Waals surface area contributed by atoms with Crippen molar-refractivity contribution in [3.8, 4) is 11.5 Å². The predicted octanol–water partition coefficient (Wildman–Crippen LogP) is 2.40. The number of nitro groups is 1. The summed E-state index contributed by atoms with van der Waals surface area (Å²) < 4.78 is 10.3. The van der Waals surface area contributed by atoms with Crippen LogP contribution in [0.25, 0.3) is 0 Å². The van der Waals surface area contributed by atoms with Gasteiger partial charge in [-0.2, -0.15) is 5.10 Å². The van der Waals surface area contributed by atoms with Crippen LogP contribution in [0.3, 0.4) is 0 Å². The molecule has 8 heteroatoms. The maximum atomic E-state index is 12.1. The van der Waals surface area contributed by atoms with E-state index in [1.165, 1.54) is 18.3 Å². The van der Waals surface area contributed by atoms with E-state index in [1.807, 2.05) is 6.07 Å². The molecular weight excluding hydrogens is 314 g/mol. The molecule has 0 fully saturated rings. The molecule has 0 saturated heterocycles. The summed E-state index contributed by atoms with van der Waals surface area (Å²) in [4.78, 5) is 22.7. The van der Waals surface area contributed by atoms with E-state index in [0.29, 0.717) is 17.1 Å². The van der Waals surface area contributed by atoms with Crippen LogP contribution in [0.15, 0.2) is 41.5 Å². The van der Waals surface area contributed by atoms with Gasteiger partial charge in [0.1, 0.15) is 0 Å². The van der Waals surface area contributed by atoms with E-state index in [9.17, 15) is 14.9 Å². The van der Waals surface area contributed by atoms with Gasteiger partial charge in [-0.05, 0) is 24.6 Å². The van der Waals surface area contributed by atoms with Crippen LogP contribution in [0.4, 0.5) is 5.69 Å². The molecular formula is C16H13N3O5. The monoisotopic (exact) mass is 327 g/mol. The molecule has 24 heavy (non-hydrogen) atoms. The zero-order chi connectivity index (χ0) is 17.1. The normalized spacial score (nSPS) is 12.4. The highest BCUT2D eigenvalue weighted by Gasteiger charge is 2.22. The van der Waals surface area contributed by atoms with Crippen LogP contribution < -0.4 is 14.9 Å². The molecule has 122 valence electrons. The number of amides is 1. The minimum absolute atomic E-state index is 0.0110. The summed E-state index contributed by atoms with van der Waals surface area (Å²) in [7, 11) is 0. The molecule has 2 aromatic carbocycles. The van der Waals surface area contributed by atoms with Gasteiger partial charge in [-0.15, -0.1) is 0 Å². The highest BCUT2D eigenvalue weighted by Crippen LogP contribution is 2.37. The third-order valence-corrected chi connectivity index (χ3v) is 3.48. The Bertz CT molecular complexity index is 848. The molecule has 3 rings (SSSR count). The molecule has 1 heterocycles. The summed E-state index contributed by atoms with van der Waals surface area (Å²) >= 11 is 0. The first-order valence-corrected chi connectivity index (χ1v) is 7.03. The number of hydrogen-bond acceptors (Lipinski definition) is 6. The fourth-order valence-corrected chi connectivity index (χ4v) is 2.26. The number of nitro benzene ring substituents is 1. The van der Waals surface area contributed by atoms with Crippen LogP contribution in [0.1, 0.15) is 21.5 Å². The number of nitrogens with zero attached hydrogens (tertiary/aromatic N) is 2. The zero-order valence-corrected chi connectivity index (χ0v) is 12.7. The number of hydrogen-bond donors (Lipinski definition) is 1. The maximum absolute atomic E-state index is 12.1. The first kappa shape index (κ1) is 15.5. The average Bonchev–Trinajstić information content (AvgIpc) is 3.01. The number of fused-ring (bicyclic) bond motifs is 1. The number of nitrogens with one attached hydrogen (secondary N) is 1. The molecule has 2 aromatic rings. The van der Waals surface area contributed by atoms with Crippen molar-refractivity contribution in [3.63, 3.8) is 0 Å². The van der Waals surface area contributed by atoms with Gasteiger partial charge in [0.2, 0.25) is 6.79 Å². The van der Waals surface area contributed by atoms with Crippen LogP contribution in [-0.4, -0.2) is 23.8 Å². The molecule has 0 bridgehead atoms. The van der Waals surface area contributed by atoms with Crippen molar-refractivity contribution in [3.05, 3.63) is 63.2 Å². The Balaban J connectivity index is 1.81. The number of benzene rings is 2. The molecule has 0 unspecified atom stereocenters. The van der Waals surface area contributed by atoms with Crippen molar-refractivity contribution in [2.24, 2.45) is 5.10 Å². The lowest BCUT2D eigenvalue weighted by molar-refractivity contribution is -0.385. The average molecular weight is 327 g/mol. The molecule has 1 aliphatic rings. The predicted molar refractivity (Wildman–Crippen MR) is 85.5 cm³/mol. The van der Waals surface area contributed by atoms with Crippen molar-refractivity contribution in [1.29, 1.82) is 0 Å². The Morgan fingerprint density at radius 3 is 2.71 bits per heavy atom. The summed E-state index contributed by atoms with van der Waals surface area (Å²) in [5, 5.41) is 14.9. The molecule has 0 aromatic heterocycles. The minimum Gasteiger partial charge on any atom is -0.454 e. The zero-order valence-electron chi connectivity index (χ0n) is 12.7. The highest BCUT2D eigenvalue weighted by atomic mass is 16.7. The van der Waals surface area contributed by atoms with Crippen LogP contribution in [0, 0.1) is 17.0 Å². The number of carbonyl (C=O) groups is 1. The van der Waals surface area contributed by atoms with E-state index in [0.717, 1.165) is 5.56 Å². The van der Waals surface area contributed by atoms with Crippen LogP contribution in [0.2, 0.25) is 0 Å². The van der Waals surface area contributed by atoms with Gasteiger partial charge in [0, 0.05) is 5.56 Å². The standard InChI is InChI=1S/C16H13N3O5/c1-10-4-2-3-5-12(10)16(20)18-17-8-11-6-14-15(24-9-23-14)7-13(11)19(21)22/h2-8H,9H2,1H3,(H,18,20)/b17-8-. The molecule has 0 spiro atoms. The van der Waals surface area contributed by atoms with Gasteiger partial charge < -0.3 is 9.47 Å². The fraction of sp³-hybridized carbons (Fsp3) is 0.125. The van der Waals surface area contributed by atoms with E-state index in [2.05, 4.69) is 10.5 Å². The van der Waals surface area contributed by atoms with Crippen molar-refractivity contribution in [2.45, 2.75) is 6.92 Å². The molecule has 0 atom stereocenters. The third-order valence-electron chi connectivity index (χ3n) is 3.48. The number of rotatable bonds is 4. The smallest absolute Gasteiger partial charge is 0.282 e. The molecule has 1 N–H and O–H groups in total. The minimum atomic E-state index is -0.549. The summed E-state index contributed by atoms with van der Waals surface area (Å²) in [6, 6.07) is 9.76. The Hall–Kier alpha value is -3.42. The van der Waals surface area contributed by atoms with Gasteiger partial charge >= 0.3 is 0 Å². The van der Waals surface area contributed by atoms with Crippen molar-refractivity contribution in [1.82, 2.24) is 5.43 Å². The summed E-state index contributed by atoms with van der Waals surface area (Å²) in [6.07, 6.45) is 1.20. The first-order valence-electron chi connectivity index (χ1n) is 7.03. The van der Waals surface area contributed by atoms with E-state index >= 15 is 0 Å². The molecule has 1 aliphatic heterocycles. The summed E-state index contributed by atoms with van der Waals surface area (Å²) in [5.41, 5.74) is 3.66. The number of aryl methyl sites for hydroxylation is 1. The number of hydrazone groups is 1. The second-order valence-corrected chi connectivity index (χ2v) is 5.04. The van der Waals surface area contributed by atoms with Crippen molar-refractivity contribution >= 4 is 17.8 Å². The Kier molecular flexibility index (Phi) is 4.11. The van der Waals surface area contributed by atoms with Gasteiger partial charge in [0.15, 0.2) is 11.5 Å². The lowest BCUT2D eigenvalue weighted by Gasteiger charge is -2.03. The Labute approximate surface area is 136 Å². The van der Waals surface area contributed by atoms with E-state index < -0.39 is 10.8 Å². The summed E-state index contributed by atoms with van der Waals surface area (Å²) in [5.74, 6) is 0.308. The molecule has 0 aliphatic carbocycles. The first-order chi connectivity index (χ1) is 11.6. The van der Waals surface area contributed by atoms with Gasteiger partial charge in [-0.3, -0.25) is 14.9 Å². The van der Waals surface area contributed by atoms with Crippen molar-refractivity contribution in [2.75, 3.05) is 6.79 Å². The second kappa shape index (κ2) is 6.37. The Morgan fingerprint density at radius 1 is 1.29 bits per heavy atom. The van der Waals surface area contributed by atoms with Crippen LogP contribution >= 0.6 is 0 Å². The molecule has 0 saturated carbocycles. The summed E-state index contributed by atoms with van der Waals surface area (Å²) in [6.45, 7) is 1.82. The lowest BCUT2D eigenvalue weighted by atomic mass is 10.1. The van der Waals surface area contributed by atoms with Gasteiger partial charge in [0.05, 0.1) is 22.8 Å². The van der Waals surface area contributed by atoms with Gasteiger partial charge in [-0.25, -0.2) is 5.43 Å². The molecule has 1 amide bonds. The van der Waals surface area contributed by atoms with E-state index in [-0.39, 0.29) is 18.0 Å². The van der Waals surface area contributed by atoms with Gasteiger partial charge in [0.25, 0.3) is 11.6 Å². The van der Waals surface area contributed by atoms with Gasteiger partial charge in [-0.1, -0.05) is 18.2 Å². The quantitative estimate of drug-likeness (QED) is 0.527. The third kappa shape index (κ3) is 3.02. The van der Waals surface area contributed by atoms with E-state index in [1.54, 1.807) is 25.1 Å². The Morgan fingerprint density at radius 2 is 2.00 bits per heavy atom. The van der Waals surface area contributed by atoms with Crippen molar-refractivity contribution < 1.29 is 19.2 Å². The molecule has 8 nitrogen and oxygen atoms in total.